The number of thioether (sulfide) groups is 1. The second-order valence-electron chi connectivity index (χ2n) is 12.8. The first-order valence-electron chi connectivity index (χ1n) is 14.1. The van der Waals surface area contributed by atoms with Crippen molar-refractivity contribution < 1.29 is 4.74 Å². The molecule has 0 aromatic rings. The van der Waals surface area contributed by atoms with Crippen LogP contribution in [0.5, 0.6) is 0 Å². The van der Waals surface area contributed by atoms with Crippen molar-refractivity contribution in [3.63, 3.8) is 0 Å². The van der Waals surface area contributed by atoms with E-state index in [0.29, 0.717) is 6.10 Å². The standard InChI is InChI=1S/C29H46OS/c1-17-4-8-21-20(14-17)7-9-25-29(21)22(12-13-30-25)28-23-15-18(2)5-10-26(23)31-27-11-6-19(3)16-24(27)28/h17-21,23-27,29H,4-16H2,1-3H3. The Balaban J connectivity index is 1.42. The molecule has 2 heterocycles. The lowest BCUT2D eigenvalue weighted by atomic mass is 9.57. The molecule has 4 aliphatic carbocycles. The van der Waals surface area contributed by atoms with Gasteiger partial charge in [-0.3, -0.25) is 0 Å². The van der Waals surface area contributed by atoms with Crippen LogP contribution in [0.1, 0.15) is 97.8 Å². The summed E-state index contributed by atoms with van der Waals surface area (Å²) in [6.45, 7) is 8.62. The smallest absolute Gasteiger partial charge is 0.0643 e. The highest BCUT2D eigenvalue weighted by Gasteiger charge is 2.51. The van der Waals surface area contributed by atoms with Crippen molar-refractivity contribution >= 4 is 11.8 Å². The van der Waals surface area contributed by atoms with Gasteiger partial charge in [0.05, 0.1) is 12.7 Å². The summed E-state index contributed by atoms with van der Waals surface area (Å²) in [4.78, 5) is 0. The second-order valence-corrected chi connectivity index (χ2v) is 14.3. The molecule has 2 heteroatoms. The Morgan fingerprint density at radius 3 is 2.06 bits per heavy atom. The fourth-order valence-corrected chi connectivity index (χ4v) is 11.2. The largest absolute Gasteiger partial charge is 0.377 e. The van der Waals surface area contributed by atoms with Crippen molar-refractivity contribution in [2.45, 2.75) is 114 Å². The summed E-state index contributed by atoms with van der Waals surface area (Å²) in [6.07, 6.45) is 18.0. The van der Waals surface area contributed by atoms with Gasteiger partial charge in [0.25, 0.3) is 0 Å². The van der Waals surface area contributed by atoms with Gasteiger partial charge in [0, 0.05) is 16.4 Å². The van der Waals surface area contributed by atoms with Gasteiger partial charge < -0.3 is 4.74 Å². The molecule has 0 aromatic heterocycles. The molecular formula is C29H46OS. The van der Waals surface area contributed by atoms with Crippen molar-refractivity contribution in [1.82, 2.24) is 0 Å². The van der Waals surface area contributed by atoms with Crippen LogP contribution in [0.4, 0.5) is 0 Å². The lowest BCUT2D eigenvalue weighted by molar-refractivity contribution is -0.0744. The molecule has 6 fully saturated rings. The molecule has 6 rings (SSSR count). The Hall–Kier alpha value is 0.0500. The zero-order chi connectivity index (χ0) is 21.1. The maximum atomic E-state index is 6.55. The van der Waals surface area contributed by atoms with E-state index in [-0.39, 0.29) is 0 Å². The SMILES string of the molecule is CC1CCC2C(CCC3OCCC(=C4C5CC(C)CCC5SC5CCC(C)CC45)C32)C1. The maximum absolute atomic E-state index is 6.55. The van der Waals surface area contributed by atoms with Gasteiger partial charge in [-0.2, -0.15) is 11.8 Å². The van der Waals surface area contributed by atoms with Crippen LogP contribution in [0.15, 0.2) is 11.1 Å². The Morgan fingerprint density at radius 1 is 0.710 bits per heavy atom. The summed E-state index contributed by atoms with van der Waals surface area (Å²) in [5, 5.41) is 1.86. The van der Waals surface area contributed by atoms with Crippen LogP contribution in [-0.4, -0.2) is 23.2 Å². The van der Waals surface area contributed by atoms with Crippen LogP contribution in [0.2, 0.25) is 0 Å². The van der Waals surface area contributed by atoms with E-state index >= 15 is 0 Å². The van der Waals surface area contributed by atoms with Crippen molar-refractivity contribution in [2.24, 2.45) is 47.3 Å². The number of rotatable bonds is 0. The third kappa shape index (κ3) is 3.88. The summed E-state index contributed by atoms with van der Waals surface area (Å²) < 4.78 is 6.55. The molecule has 11 atom stereocenters. The monoisotopic (exact) mass is 442 g/mol. The topological polar surface area (TPSA) is 9.23 Å². The summed E-state index contributed by atoms with van der Waals surface area (Å²) in [5.74, 6) is 7.33. The molecule has 0 spiro atoms. The van der Waals surface area contributed by atoms with E-state index in [9.17, 15) is 0 Å². The zero-order valence-electron chi connectivity index (χ0n) is 20.4. The van der Waals surface area contributed by atoms with E-state index in [1.54, 1.807) is 0 Å². The van der Waals surface area contributed by atoms with E-state index in [1.807, 2.05) is 5.57 Å². The highest BCUT2D eigenvalue weighted by Crippen LogP contribution is 2.59. The quantitative estimate of drug-likeness (QED) is 0.353. The average Bonchev–Trinajstić information content (AvgIpc) is 2.77. The molecule has 2 saturated heterocycles. The molecule has 0 aromatic carbocycles. The molecule has 11 unspecified atom stereocenters. The molecule has 0 bridgehead atoms. The van der Waals surface area contributed by atoms with Gasteiger partial charge in [0.1, 0.15) is 0 Å². The minimum absolute atomic E-state index is 0.555. The third-order valence-corrected chi connectivity index (χ3v) is 12.5. The van der Waals surface area contributed by atoms with Crippen LogP contribution >= 0.6 is 11.8 Å². The van der Waals surface area contributed by atoms with Gasteiger partial charge >= 0.3 is 0 Å². The van der Waals surface area contributed by atoms with Gasteiger partial charge in [-0.1, -0.05) is 38.3 Å². The molecule has 2 aliphatic heterocycles. The highest BCUT2D eigenvalue weighted by atomic mass is 32.2. The van der Waals surface area contributed by atoms with Crippen LogP contribution in [0, 0.1) is 47.3 Å². The molecule has 1 nitrogen and oxygen atoms in total. The number of allylic oxidation sites excluding steroid dienone is 1. The van der Waals surface area contributed by atoms with Crippen LogP contribution in [0.25, 0.3) is 0 Å². The lowest BCUT2D eigenvalue weighted by Crippen LogP contribution is -2.48. The van der Waals surface area contributed by atoms with E-state index in [4.69, 9.17) is 4.74 Å². The molecule has 0 amide bonds. The Kier molecular flexibility index (Phi) is 6.04. The first-order valence-corrected chi connectivity index (χ1v) is 15.0. The van der Waals surface area contributed by atoms with Crippen molar-refractivity contribution in [1.29, 1.82) is 0 Å². The van der Waals surface area contributed by atoms with E-state index < -0.39 is 0 Å². The Morgan fingerprint density at radius 2 is 1.35 bits per heavy atom. The Labute approximate surface area is 195 Å². The predicted molar refractivity (Wildman–Crippen MR) is 132 cm³/mol. The summed E-state index contributed by atoms with van der Waals surface area (Å²) >= 11 is 2.46. The fourth-order valence-electron chi connectivity index (χ4n) is 9.32. The molecule has 0 radical (unpaired) electrons. The molecule has 0 N–H and O–H groups in total. The van der Waals surface area contributed by atoms with E-state index in [2.05, 4.69) is 38.1 Å². The first-order chi connectivity index (χ1) is 15.1. The average molecular weight is 443 g/mol. The van der Waals surface area contributed by atoms with Gasteiger partial charge in [-0.25, -0.2) is 0 Å². The molecule has 174 valence electrons. The fraction of sp³-hybridized carbons (Fsp3) is 0.931. The predicted octanol–water partition coefficient (Wildman–Crippen LogP) is 7.89. The van der Waals surface area contributed by atoms with Crippen LogP contribution < -0.4 is 0 Å². The third-order valence-electron chi connectivity index (χ3n) is 10.7. The minimum Gasteiger partial charge on any atom is -0.377 e. The van der Waals surface area contributed by atoms with E-state index in [0.717, 1.165) is 64.5 Å². The molecule has 31 heavy (non-hydrogen) atoms. The molecule has 6 aliphatic rings. The lowest BCUT2D eigenvalue weighted by Gasteiger charge is -2.55. The van der Waals surface area contributed by atoms with Gasteiger partial charge in [-0.15, -0.1) is 0 Å². The van der Waals surface area contributed by atoms with Gasteiger partial charge in [-0.05, 0) is 112 Å². The number of fused-ring (bicyclic) bond motifs is 5. The summed E-state index contributed by atoms with van der Waals surface area (Å²) in [5.41, 5.74) is 4.05. The van der Waals surface area contributed by atoms with E-state index in [1.165, 1.54) is 77.0 Å². The maximum Gasteiger partial charge on any atom is 0.0643 e. The normalized spacial score (nSPS) is 52.5. The van der Waals surface area contributed by atoms with Gasteiger partial charge in [0.2, 0.25) is 0 Å². The summed E-state index contributed by atoms with van der Waals surface area (Å²) in [7, 11) is 0. The van der Waals surface area contributed by atoms with Crippen LogP contribution in [0.3, 0.4) is 0 Å². The summed E-state index contributed by atoms with van der Waals surface area (Å²) in [6, 6.07) is 0. The second kappa shape index (κ2) is 8.68. The van der Waals surface area contributed by atoms with Crippen molar-refractivity contribution in [2.75, 3.05) is 6.61 Å². The van der Waals surface area contributed by atoms with Crippen molar-refractivity contribution in [3.8, 4) is 0 Å². The Bertz CT molecular complexity index is 671. The number of ether oxygens (including phenoxy) is 1. The number of hydrogen-bond acceptors (Lipinski definition) is 2. The van der Waals surface area contributed by atoms with Crippen LogP contribution in [-0.2, 0) is 4.74 Å². The molecular weight excluding hydrogens is 396 g/mol. The zero-order valence-corrected chi connectivity index (χ0v) is 21.2. The van der Waals surface area contributed by atoms with Crippen molar-refractivity contribution in [3.05, 3.63) is 11.1 Å². The minimum atomic E-state index is 0.555. The first kappa shape index (κ1) is 21.6. The molecule has 4 saturated carbocycles. The number of hydrogen-bond donors (Lipinski definition) is 0. The van der Waals surface area contributed by atoms with Gasteiger partial charge in [0.15, 0.2) is 0 Å². The highest BCUT2D eigenvalue weighted by molar-refractivity contribution is 8.00.